The zero-order valence-electron chi connectivity index (χ0n) is 11.3. The number of aliphatic hydroxyl groups is 1. The van der Waals surface area contributed by atoms with E-state index < -0.39 is 15.8 Å². The van der Waals surface area contributed by atoms with Crippen LogP contribution in [0.4, 0.5) is 0 Å². The van der Waals surface area contributed by atoms with Gasteiger partial charge in [-0.1, -0.05) is 6.92 Å². The second-order valence-corrected chi connectivity index (χ2v) is 7.96. The summed E-state index contributed by atoms with van der Waals surface area (Å²) in [7, 11) is -3.44. The Morgan fingerprint density at radius 1 is 1.44 bits per heavy atom. The maximum atomic E-state index is 12.0. The van der Waals surface area contributed by atoms with Gasteiger partial charge in [0.1, 0.15) is 0 Å². The molecule has 0 saturated carbocycles. The molecule has 0 aromatic carbocycles. The second kappa shape index (κ2) is 6.56. The third-order valence-corrected chi connectivity index (χ3v) is 5.64. The van der Waals surface area contributed by atoms with E-state index in [2.05, 4.69) is 11.6 Å². The SMILES string of the molecule is CSCC(C)(O)CNS(=O)(=O)N1CCC(C)CC1. The van der Waals surface area contributed by atoms with Crippen LogP contribution in [0.25, 0.3) is 0 Å². The van der Waals surface area contributed by atoms with Gasteiger partial charge in [0.2, 0.25) is 0 Å². The van der Waals surface area contributed by atoms with E-state index in [0.29, 0.717) is 24.8 Å². The van der Waals surface area contributed by atoms with E-state index in [-0.39, 0.29) is 6.54 Å². The summed E-state index contributed by atoms with van der Waals surface area (Å²) in [5.74, 6) is 1.10. The molecule has 108 valence electrons. The molecular weight excluding hydrogens is 272 g/mol. The van der Waals surface area contributed by atoms with E-state index in [9.17, 15) is 13.5 Å². The lowest BCUT2D eigenvalue weighted by Crippen LogP contribution is -2.49. The Morgan fingerprint density at radius 3 is 2.50 bits per heavy atom. The van der Waals surface area contributed by atoms with Crippen LogP contribution in [0.1, 0.15) is 26.7 Å². The average Bonchev–Trinajstić information content (AvgIpc) is 2.27. The van der Waals surface area contributed by atoms with Crippen molar-refractivity contribution in [3.8, 4) is 0 Å². The molecule has 2 N–H and O–H groups in total. The molecule has 0 aromatic rings. The molecule has 18 heavy (non-hydrogen) atoms. The molecule has 1 heterocycles. The molecule has 1 aliphatic rings. The summed E-state index contributed by atoms with van der Waals surface area (Å²) in [6.07, 6.45) is 3.69. The fourth-order valence-electron chi connectivity index (χ4n) is 1.93. The first kappa shape index (κ1) is 16.2. The molecule has 7 heteroatoms. The van der Waals surface area contributed by atoms with Crippen molar-refractivity contribution in [2.75, 3.05) is 31.6 Å². The van der Waals surface area contributed by atoms with Crippen molar-refractivity contribution >= 4 is 22.0 Å². The van der Waals surface area contributed by atoms with Crippen molar-refractivity contribution < 1.29 is 13.5 Å². The lowest BCUT2D eigenvalue weighted by molar-refractivity contribution is 0.0901. The predicted octanol–water partition coefficient (Wildman–Crippen LogP) is 0.667. The molecule has 1 fully saturated rings. The maximum absolute atomic E-state index is 12.0. The van der Waals surface area contributed by atoms with Gasteiger partial charge in [-0.3, -0.25) is 0 Å². The van der Waals surface area contributed by atoms with Gasteiger partial charge in [-0.25, -0.2) is 0 Å². The van der Waals surface area contributed by atoms with Gasteiger partial charge in [0.15, 0.2) is 0 Å². The number of hydrogen-bond donors (Lipinski definition) is 2. The van der Waals surface area contributed by atoms with E-state index in [1.54, 1.807) is 6.92 Å². The van der Waals surface area contributed by atoms with E-state index >= 15 is 0 Å². The topological polar surface area (TPSA) is 69.6 Å². The van der Waals surface area contributed by atoms with Gasteiger partial charge >= 0.3 is 0 Å². The number of piperidine rings is 1. The summed E-state index contributed by atoms with van der Waals surface area (Å²) in [5, 5.41) is 9.95. The van der Waals surface area contributed by atoms with Gasteiger partial charge in [-0.15, -0.1) is 0 Å². The van der Waals surface area contributed by atoms with Crippen molar-refractivity contribution in [2.24, 2.45) is 5.92 Å². The zero-order chi connectivity index (χ0) is 13.8. The normalized spacial score (nSPS) is 22.9. The maximum Gasteiger partial charge on any atom is 0.279 e. The molecule has 5 nitrogen and oxygen atoms in total. The van der Waals surface area contributed by atoms with E-state index in [1.807, 2.05) is 6.26 Å². The highest BCUT2D eigenvalue weighted by atomic mass is 32.2. The van der Waals surface area contributed by atoms with E-state index in [1.165, 1.54) is 16.1 Å². The molecule has 0 bridgehead atoms. The summed E-state index contributed by atoms with van der Waals surface area (Å²) in [6, 6.07) is 0. The molecule has 0 amide bonds. The number of thioether (sulfide) groups is 1. The molecule has 1 atom stereocenters. The quantitative estimate of drug-likeness (QED) is 0.756. The van der Waals surface area contributed by atoms with Gasteiger partial charge in [0.25, 0.3) is 10.2 Å². The minimum atomic E-state index is -3.44. The lowest BCUT2D eigenvalue weighted by Gasteiger charge is -2.31. The van der Waals surface area contributed by atoms with Gasteiger partial charge < -0.3 is 5.11 Å². The monoisotopic (exact) mass is 296 g/mol. The smallest absolute Gasteiger partial charge is 0.279 e. The molecule has 1 unspecified atom stereocenters. The minimum absolute atomic E-state index is 0.0578. The lowest BCUT2D eigenvalue weighted by atomic mass is 10.0. The largest absolute Gasteiger partial charge is 0.388 e. The van der Waals surface area contributed by atoms with Crippen LogP contribution < -0.4 is 4.72 Å². The molecule has 0 aromatic heterocycles. The molecule has 1 saturated heterocycles. The Labute approximate surface area is 115 Å². The second-order valence-electron chi connectivity index (χ2n) is 5.34. The summed E-state index contributed by atoms with van der Waals surface area (Å²) < 4.78 is 28.1. The highest BCUT2D eigenvalue weighted by molar-refractivity contribution is 7.98. The first-order valence-corrected chi connectivity index (χ1v) is 9.06. The Bertz CT molecular complexity index is 349. The fraction of sp³-hybridized carbons (Fsp3) is 1.00. The molecule has 0 aliphatic carbocycles. The van der Waals surface area contributed by atoms with Crippen LogP contribution in [0.15, 0.2) is 0 Å². The molecule has 0 spiro atoms. The molecule has 0 radical (unpaired) electrons. The van der Waals surface area contributed by atoms with Crippen LogP contribution in [0.3, 0.4) is 0 Å². The van der Waals surface area contributed by atoms with Crippen molar-refractivity contribution in [3.05, 3.63) is 0 Å². The van der Waals surface area contributed by atoms with Gasteiger partial charge in [-0.05, 0) is 31.9 Å². The summed E-state index contributed by atoms with van der Waals surface area (Å²) >= 11 is 1.50. The fourth-order valence-corrected chi connectivity index (χ4v) is 4.02. The zero-order valence-corrected chi connectivity index (χ0v) is 13.0. The number of rotatable bonds is 6. The Morgan fingerprint density at radius 2 is 2.00 bits per heavy atom. The first-order chi connectivity index (χ1) is 8.27. The van der Waals surface area contributed by atoms with Crippen LogP contribution in [-0.4, -0.2) is 55.1 Å². The van der Waals surface area contributed by atoms with Crippen molar-refractivity contribution in [1.82, 2.24) is 9.03 Å². The van der Waals surface area contributed by atoms with Gasteiger partial charge in [0.05, 0.1) is 5.60 Å². The summed E-state index contributed by atoms with van der Waals surface area (Å²) in [6.45, 7) is 4.98. The van der Waals surface area contributed by atoms with Crippen LogP contribution in [-0.2, 0) is 10.2 Å². The Hall–Kier alpha value is 0.180. The molecular formula is C11H24N2O3S2. The number of nitrogens with zero attached hydrogens (tertiary/aromatic N) is 1. The number of nitrogens with one attached hydrogen (secondary N) is 1. The molecule has 1 rings (SSSR count). The predicted molar refractivity (Wildman–Crippen MR) is 75.9 cm³/mol. The highest BCUT2D eigenvalue weighted by Gasteiger charge is 2.29. The summed E-state index contributed by atoms with van der Waals surface area (Å²) in [5.41, 5.74) is -1.00. The highest BCUT2D eigenvalue weighted by Crippen LogP contribution is 2.18. The van der Waals surface area contributed by atoms with E-state index in [0.717, 1.165) is 12.8 Å². The Balaban J connectivity index is 2.50. The first-order valence-electron chi connectivity index (χ1n) is 6.23. The van der Waals surface area contributed by atoms with Crippen LogP contribution in [0, 0.1) is 5.92 Å². The standard InChI is InChI=1S/C11H24N2O3S2/c1-10-4-6-13(7-5-10)18(15,16)12-8-11(2,14)9-17-3/h10,12,14H,4-9H2,1-3H3. The summed E-state index contributed by atoms with van der Waals surface area (Å²) in [4.78, 5) is 0. The van der Waals surface area contributed by atoms with Crippen molar-refractivity contribution in [2.45, 2.75) is 32.3 Å². The third kappa shape index (κ3) is 5.05. The van der Waals surface area contributed by atoms with Crippen LogP contribution >= 0.6 is 11.8 Å². The molecule has 1 aliphatic heterocycles. The van der Waals surface area contributed by atoms with Crippen LogP contribution in [0.5, 0.6) is 0 Å². The van der Waals surface area contributed by atoms with Gasteiger partial charge in [0, 0.05) is 25.4 Å². The van der Waals surface area contributed by atoms with Crippen molar-refractivity contribution in [3.63, 3.8) is 0 Å². The van der Waals surface area contributed by atoms with Gasteiger partial charge in [-0.2, -0.15) is 29.2 Å². The Kier molecular flexibility index (Phi) is 5.92. The third-order valence-electron chi connectivity index (χ3n) is 3.17. The number of hydrogen-bond acceptors (Lipinski definition) is 4. The minimum Gasteiger partial charge on any atom is -0.388 e. The average molecular weight is 296 g/mol. The van der Waals surface area contributed by atoms with Crippen molar-refractivity contribution in [1.29, 1.82) is 0 Å². The van der Waals surface area contributed by atoms with E-state index in [4.69, 9.17) is 0 Å². The van der Waals surface area contributed by atoms with Crippen LogP contribution in [0.2, 0.25) is 0 Å².